The summed E-state index contributed by atoms with van der Waals surface area (Å²) >= 11 is 0. The minimum Gasteiger partial charge on any atom is -0.366 e. The Morgan fingerprint density at radius 1 is 1.29 bits per heavy atom. The zero-order chi connectivity index (χ0) is 17.3. The maximum atomic E-state index is 10.1. The Hall–Kier alpha value is -0.740. The second kappa shape index (κ2) is 17.3. The first-order valence-corrected chi connectivity index (χ1v) is 7.90. The average Bonchev–Trinajstić information content (AvgIpc) is 2.40. The van der Waals surface area contributed by atoms with Crippen molar-refractivity contribution >= 4 is 12.1 Å². The molecular weight excluding hydrogens is 266 g/mol. The van der Waals surface area contributed by atoms with Crippen molar-refractivity contribution in [3.8, 4) is 0 Å². The first-order chi connectivity index (χ1) is 9.75. The van der Waals surface area contributed by atoms with Gasteiger partial charge in [0.05, 0.1) is 0 Å². The van der Waals surface area contributed by atoms with Crippen LogP contribution in [0.5, 0.6) is 0 Å². The molecule has 0 bridgehead atoms. The molecule has 0 aromatic heterocycles. The van der Waals surface area contributed by atoms with Gasteiger partial charge in [0.25, 0.3) is 0 Å². The Bertz CT molecular complexity index is 238. The Balaban J connectivity index is -0.000000286. The summed E-state index contributed by atoms with van der Waals surface area (Å²) in [5.74, 6) is 0.776. The van der Waals surface area contributed by atoms with Crippen LogP contribution >= 0.6 is 0 Å². The molecule has 0 unspecified atom stereocenters. The van der Waals surface area contributed by atoms with E-state index in [1.807, 2.05) is 20.9 Å². The van der Waals surface area contributed by atoms with Crippen LogP contribution in [0.25, 0.3) is 0 Å². The number of hydrogen-bond donors (Lipinski definition) is 1. The molecule has 0 saturated heterocycles. The van der Waals surface area contributed by atoms with Gasteiger partial charge in [-0.25, -0.2) is 0 Å². The van der Waals surface area contributed by atoms with Crippen molar-refractivity contribution in [2.24, 2.45) is 11.3 Å². The normalized spacial score (nSPS) is 10.1. The number of hydrogen-bond acceptors (Lipinski definition) is 4. The van der Waals surface area contributed by atoms with Gasteiger partial charge in [0.2, 0.25) is 0 Å². The minimum absolute atomic E-state index is 0.0135. The highest BCUT2D eigenvalue weighted by molar-refractivity contribution is 5.76. The summed E-state index contributed by atoms with van der Waals surface area (Å²) in [6.07, 6.45) is 3.28. The van der Waals surface area contributed by atoms with Crippen molar-refractivity contribution in [1.29, 1.82) is 0 Å². The zero-order valence-electron chi connectivity index (χ0n) is 15.4. The molecule has 0 rings (SSSR count). The van der Waals surface area contributed by atoms with Crippen molar-refractivity contribution in [3.63, 3.8) is 0 Å². The Morgan fingerprint density at radius 3 is 2.14 bits per heavy atom. The number of carbonyl (C=O) groups excluding carboxylic acids is 2. The van der Waals surface area contributed by atoms with E-state index in [0.717, 1.165) is 12.5 Å². The standard InChI is InChI=1S/C10H23N.C5H8O3.C2H6/c1-9(2)6-7-10(3,4)8-11-5;1-5(7)4-8-3-2-6;1-2/h9,11H,6-8H2,1-5H3;2H,3-4H2,1H3;1-2H3. The largest absolute Gasteiger partial charge is 0.366 e. The number of ether oxygens (including phenoxy) is 1. The molecule has 21 heavy (non-hydrogen) atoms. The van der Waals surface area contributed by atoms with Crippen LogP contribution < -0.4 is 5.32 Å². The van der Waals surface area contributed by atoms with E-state index in [1.165, 1.54) is 19.8 Å². The van der Waals surface area contributed by atoms with Crippen LogP contribution in [-0.4, -0.2) is 38.9 Å². The molecule has 0 aliphatic rings. The summed E-state index contributed by atoms with van der Waals surface area (Å²) in [4.78, 5) is 19.6. The van der Waals surface area contributed by atoms with Gasteiger partial charge in [-0.2, -0.15) is 0 Å². The van der Waals surface area contributed by atoms with Crippen LogP contribution in [0.2, 0.25) is 0 Å². The van der Waals surface area contributed by atoms with Gasteiger partial charge in [0, 0.05) is 0 Å². The molecule has 0 atom stereocenters. The molecular formula is C17H37NO3. The van der Waals surface area contributed by atoms with Gasteiger partial charge in [0.15, 0.2) is 5.78 Å². The number of ketones is 1. The molecule has 0 aliphatic heterocycles. The van der Waals surface area contributed by atoms with Crippen LogP contribution in [0.3, 0.4) is 0 Å². The molecule has 0 aromatic carbocycles. The lowest BCUT2D eigenvalue weighted by Crippen LogP contribution is -2.26. The van der Waals surface area contributed by atoms with Crippen LogP contribution in [-0.2, 0) is 14.3 Å². The van der Waals surface area contributed by atoms with Gasteiger partial charge in [-0.1, -0.05) is 48.0 Å². The van der Waals surface area contributed by atoms with Crippen molar-refractivity contribution in [2.45, 2.75) is 61.3 Å². The van der Waals surface area contributed by atoms with Crippen LogP contribution in [0, 0.1) is 11.3 Å². The summed E-state index contributed by atoms with van der Waals surface area (Å²) < 4.78 is 4.53. The summed E-state index contributed by atoms with van der Waals surface area (Å²) in [7, 11) is 2.02. The zero-order valence-corrected chi connectivity index (χ0v) is 15.4. The quantitative estimate of drug-likeness (QED) is 0.523. The molecule has 4 heteroatoms. The highest BCUT2D eigenvalue weighted by Gasteiger charge is 2.16. The SMILES string of the molecule is CC.CC(=O)COCC=O.CNCC(C)(C)CCC(C)C. The number of rotatable bonds is 9. The molecule has 0 amide bonds. The maximum Gasteiger partial charge on any atom is 0.155 e. The van der Waals surface area contributed by atoms with Gasteiger partial charge < -0.3 is 14.8 Å². The van der Waals surface area contributed by atoms with Crippen LogP contribution in [0.1, 0.15) is 61.3 Å². The predicted molar refractivity (Wildman–Crippen MR) is 90.7 cm³/mol. The van der Waals surface area contributed by atoms with Gasteiger partial charge in [-0.3, -0.25) is 4.79 Å². The maximum absolute atomic E-state index is 10.1. The lowest BCUT2D eigenvalue weighted by molar-refractivity contribution is -0.123. The van der Waals surface area contributed by atoms with E-state index in [9.17, 15) is 9.59 Å². The molecule has 0 fully saturated rings. The number of nitrogens with one attached hydrogen (secondary N) is 1. The third-order valence-electron chi connectivity index (χ3n) is 2.55. The molecule has 4 nitrogen and oxygen atoms in total. The van der Waals surface area contributed by atoms with Crippen molar-refractivity contribution < 1.29 is 14.3 Å². The highest BCUT2D eigenvalue weighted by Crippen LogP contribution is 2.23. The molecule has 1 N–H and O–H groups in total. The van der Waals surface area contributed by atoms with Gasteiger partial charge in [-0.15, -0.1) is 0 Å². The average molecular weight is 303 g/mol. The van der Waals surface area contributed by atoms with Gasteiger partial charge in [-0.05, 0) is 38.3 Å². The highest BCUT2D eigenvalue weighted by atomic mass is 16.5. The Kier molecular flexibility index (Phi) is 20.8. The molecule has 0 aromatic rings. The molecule has 0 heterocycles. The predicted octanol–water partition coefficient (Wildman–Crippen LogP) is 3.49. The van der Waals surface area contributed by atoms with Gasteiger partial charge >= 0.3 is 0 Å². The monoisotopic (exact) mass is 303 g/mol. The fraction of sp³-hybridized carbons (Fsp3) is 0.882. The lowest BCUT2D eigenvalue weighted by atomic mass is 9.85. The Morgan fingerprint density at radius 2 is 1.81 bits per heavy atom. The van der Waals surface area contributed by atoms with Crippen LogP contribution in [0.4, 0.5) is 0 Å². The van der Waals surface area contributed by atoms with Gasteiger partial charge in [0.1, 0.15) is 19.5 Å². The van der Waals surface area contributed by atoms with Crippen molar-refractivity contribution in [1.82, 2.24) is 5.32 Å². The number of carbonyl (C=O) groups is 2. The lowest BCUT2D eigenvalue weighted by Gasteiger charge is -2.24. The van der Waals surface area contributed by atoms with E-state index >= 15 is 0 Å². The number of Topliss-reactive ketones (excluding diaryl/α,β-unsaturated/α-hetero) is 1. The first-order valence-electron chi connectivity index (χ1n) is 7.90. The summed E-state index contributed by atoms with van der Waals surface area (Å²) in [5, 5.41) is 3.23. The molecule has 0 aliphatic carbocycles. The number of aldehydes is 1. The summed E-state index contributed by atoms with van der Waals surface area (Å²) in [6.45, 7) is 15.8. The molecule has 0 radical (unpaired) electrons. The van der Waals surface area contributed by atoms with Crippen LogP contribution in [0.15, 0.2) is 0 Å². The van der Waals surface area contributed by atoms with E-state index < -0.39 is 0 Å². The summed E-state index contributed by atoms with van der Waals surface area (Å²) in [5.41, 5.74) is 0.471. The van der Waals surface area contributed by atoms with Crippen molar-refractivity contribution in [3.05, 3.63) is 0 Å². The van der Waals surface area contributed by atoms with E-state index in [2.05, 4.69) is 37.7 Å². The second-order valence-electron chi connectivity index (χ2n) is 6.01. The van der Waals surface area contributed by atoms with E-state index in [1.54, 1.807) is 0 Å². The fourth-order valence-corrected chi connectivity index (χ4v) is 1.50. The van der Waals surface area contributed by atoms with E-state index in [0.29, 0.717) is 11.7 Å². The smallest absolute Gasteiger partial charge is 0.155 e. The molecule has 128 valence electrons. The fourth-order valence-electron chi connectivity index (χ4n) is 1.50. The third-order valence-corrected chi connectivity index (χ3v) is 2.55. The first kappa shape index (κ1) is 25.2. The minimum atomic E-state index is -0.0631. The summed E-state index contributed by atoms with van der Waals surface area (Å²) in [6, 6.07) is 0. The van der Waals surface area contributed by atoms with E-state index in [-0.39, 0.29) is 19.0 Å². The molecule has 0 spiro atoms. The second-order valence-corrected chi connectivity index (χ2v) is 6.01. The topological polar surface area (TPSA) is 55.4 Å². The van der Waals surface area contributed by atoms with E-state index in [4.69, 9.17) is 0 Å². The third kappa shape index (κ3) is 28.2. The molecule has 0 saturated carbocycles. The van der Waals surface area contributed by atoms with Crippen molar-refractivity contribution in [2.75, 3.05) is 26.8 Å². The Labute approximate surface area is 132 Å².